The highest BCUT2D eigenvalue weighted by atomic mass is 16.5. The third-order valence-electron chi connectivity index (χ3n) is 4.94. The predicted molar refractivity (Wildman–Crippen MR) is 113 cm³/mol. The van der Waals surface area contributed by atoms with Gasteiger partial charge in [0.1, 0.15) is 5.75 Å². The van der Waals surface area contributed by atoms with Crippen molar-refractivity contribution in [2.45, 2.75) is 13.5 Å². The fourth-order valence-corrected chi connectivity index (χ4v) is 3.39. The number of para-hydroxylation sites is 2. The Labute approximate surface area is 172 Å². The van der Waals surface area contributed by atoms with Crippen LogP contribution in [0.1, 0.15) is 12.5 Å². The average Bonchev–Trinajstić information content (AvgIpc) is 2.75. The van der Waals surface area contributed by atoms with Crippen LogP contribution >= 0.6 is 0 Å². The van der Waals surface area contributed by atoms with Crippen molar-refractivity contribution in [2.24, 2.45) is 0 Å². The van der Waals surface area contributed by atoms with Gasteiger partial charge in [-0.1, -0.05) is 18.2 Å². The Balaban J connectivity index is 1.53. The monoisotopic (exact) mass is 399 g/mol. The first-order valence-electron chi connectivity index (χ1n) is 9.85. The van der Waals surface area contributed by atoms with Crippen LogP contribution in [0, 0.1) is 0 Å². The van der Waals surface area contributed by atoms with Gasteiger partial charge < -0.3 is 24.4 Å². The lowest BCUT2D eigenvalue weighted by Gasteiger charge is -2.34. The molecule has 2 aromatic rings. The van der Waals surface area contributed by atoms with Crippen LogP contribution < -0.4 is 19.5 Å². The number of piperazine rings is 1. The van der Waals surface area contributed by atoms with Crippen molar-refractivity contribution in [1.29, 1.82) is 0 Å². The van der Waals surface area contributed by atoms with Gasteiger partial charge in [0.25, 0.3) is 0 Å². The molecule has 1 saturated heterocycles. The zero-order chi connectivity index (χ0) is 20.6. The number of nitrogens with one attached hydrogen (secondary N) is 1. The number of benzene rings is 2. The number of hydrogen-bond acceptors (Lipinski definition) is 5. The summed E-state index contributed by atoms with van der Waals surface area (Å²) in [6.07, 6.45) is 0. The first-order valence-corrected chi connectivity index (χ1v) is 9.85. The number of rotatable bonds is 7. The van der Waals surface area contributed by atoms with Gasteiger partial charge >= 0.3 is 6.03 Å². The van der Waals surface area contributed by atoms with E-state index in [1.165, 1.54) is 0 Å². The largest absolute Gasteiger partial charge is 0.493 e. The summed E-state index contributed by atoms with van der Waals surface area (Å²) in [5.74, 6) is 2.15. The van der Waals surface area contributed by atoms with Crippen molar-refractivity contribution in [3.05, 3.63) is 48.0 Å². The van der Waals surface area contributed by atoms with Crippen LogP contribution in [0.3, 0.4) is 0 Å². The molecular formula is C22H29N3O4. The van der Waals surface area contributed by atoms with Crippen LogP contribution in [0.25, 0.3) is 0 Å². The topological polar surface area (TPSA) is 63.3 Å². The van der Waals surface area contributed by atoms with Crippen LogP contribution in [0.2, 0.25) is 0 Å². The molecule has 1 aliphatic heterocycles. The number of carbonyl (C=O) groups is 1. The number of urea groups is 1. The summed E-state index contributed by atoms with van der Waals surface area (Å²) in [5, 5.41) is 2.97. The predicted octanol–water partition coefficient (Wildman–Crippen LogP) is 3.45. The van der Waals surface area contributed by atoms with Crippen LogP contribution in [0.5, 0.6) is 17.2 Å². The Kier molecular flexibility index (Phi) is 7.19. The molecule has 156 valence electrons. The smallest absolute Gasteiger partial charge is 0.322 e. The van der Waals surface area contributed by atoms with Crippen LogP contribution in [0.4, 0.5) is 10.5 Å². The maximum absolute atomic E-state index is 12.7. The first-order chi connectivity index (χ1) is 14.1. The number of amides is 2. The maximum Gasteiger partial charge on any atom is 0.322 e. The molecule has 29 heavy (non-hydrogen) atoms. The van der Waals surface area contributed by atoms with E-state index < -0.39 is 0 Å². The minimum absolute atomic E-state index is 0.0945. The summed E-state index contributed by atoms with van der Waals surface area (Å²) in [4.78, 5) is 16.8. The Hall–Kier alpha value is -2.93. The molecule has 0 aromatic heterocycles. The number of ether oxygens (including phenoxy) is 3. The van der Waals surface area contributed by atoms with Crippen molar-refractivity contribution in [3.8, 4) is 17.2 Å². The lowest BCUT2D eigenvalue weighted by Crippen LogP contribution is -2.49. The minimum atomic E-state index is -0.0945. The number of anilines is 1. The summed E-state index contributed by atoms with van der Waals surface area (Å²) >= 11 is 0. The maximum atomic E-state index is 12.7. The average molecular weight is 399 g/mol. The Morgan fingerprint density at radius 1 is 0.966 bits per heavy atom. The molecule has 2 aromatic carbocycles. The van der Waals surface area contributed by atoms with Gasteiger partial charge in [-0.3, -0.25) is 4.90 Å². The molecule has 0 spiro atoms. The fourth-order valence-electron chi connectivity index (χ4n) is 3.39. The molecule has 7 nitrogen and oxygen atoms in total. The normalized spacial score (nSPS) is 14.4. The van der Waals surface area contributed by atoms with Gasteiger partial charge in [-0.15, -0.1) is 0 Å². The zero-order valence-electron chi connectivity index (χ0n) is 17.3. The molecule has 7 heteroatoms. The highest BCUT2D eigenvalue weighted by Crippen LogP contribution is 2.28. The Morgan fingerprint density at radius 3 is 2.38 bits per heavy atom. The van der Waals surface area contributed by atoms with E-state index in [-0.39, 0.29) is 6.03 Å². The van der Waals surface area contributed by atoms with E-state index in [0.717, 1.165) is 36.7 Å². The van der Waals surface area contributed by atoms with Gasteiger partial charge in [0.05, 0.1) is 26.5 Å². The van der Waals surface area contributed by atoms with Gasteiger partial charge in [0.2, 0.25) is 0 Å². The molecule has 1 fully saturated rings. The lowest BCUT2D eigenvalue weighted by atomic mass is 10.1. The van der Waals surface area contributed by atoms with Crippen molar-refractivity contribution >= 4 is 11.7 Å². The summed E-state index contributed by atoms with van der Waals surface area (Å²) in [5.41, 5.74) is 1.86. The SMILES string of the molecule is CCOc1ccccc1NC(=O)N1CCN(Cc2ccc(OC)c(OC)c2)CC1. The second-order valence-corrected chi connectivity index (χ2v) is 6.81. The van der Waals surface area contributed by atoms with Crippen molar-refractivity contribution in [2.75, 3.05) is 52.3 Å². The number of carbonyl (C=O) groups excluding carboxylic acids is 1. The van der Waals surface area contributed by atoms with Crippen molar-refractivity contribution < 1.29 is 19.0 Å². The van der Waals surface area contributed by atoms with Crippen molar-refractivity contribution in [3.63, 3.8) is 0 Å². The van der Waals surface area contributed by atoms with Crippen LogP contribution in [0.15, 0.2) is 42.5 Å². The Bertz CT molecular complexity index is 819. The van der Waals surface area contributed by atoms with Crippen LogP contribution in [-0.2, 0) is 6.54 Å². The molecule has 0 atom stereocenters. The lowest BCUT2D eigenvalue weighted by molar-refractivity contribution is 0.143. The third-order valence-corrected chi connectivity index (χ3v) is 4.94. The molecule has 1 N–H and O–H groups in total. The zero-order valence-corrected chi connectivity index (χ0v) is 17.3. The van der Waals surface area contributed by atoms with E-state index in [4.69, 9.17) is 14.2 Å². The second-order valence-electron chi connectivity index (χ2n) is 6.81. The van der Waals surface area contributed by atoms with Crippen molar-refractivity contribution in [1.82, 2.24) is 9.80 Å². The quantitative estimate of drug-likeness (QED) is 0.773. The van der Waals surface area contributed by atoms with E-state index in [1.807, 2.05) is 54.3 Å². The molecule has 3 rings (SSSR count). The van der Waals surface area contributed by atoms with E-state index in [2.05, 4.69) is 10.2 Å². The van der Waals surface area contributed by atoms with E-state index in [1.54, 1.807) is 14.2 Å². The number of methoxy groups -OCH3 is 2. The highest BCUT2D eigenvalue weighted by molar-refractivity contribution is 5.91. The van der Waals surface area contributed by atoms with Gasteiger partial charge in [0.15, 0.2) is 11.5 Å². The van der Waals surface area contributed by atoms with E-state index >= 15 is 0 Å². The summed E-state index contributed by atoms with van der Waals surface area (Å²) < 4.78 is 16.3. The molecule has 1 aliphatic rings. The molecular weight excluding hydrogens is 370 g/mol. The van der Waals surface area contributed by atoms with Gasteiger partial charge in [0, 0.05) is 32.7 Å². The molecule has 1 heterocycles. The van der Waals surface area contributed by atoms with Gasteiger partial charge in [-0.25, -0.2) is 4.79 Å². The van der Waals surface area contributed by atoms with E-state index in [0.29, 0.717) is 31.1 Å². The van der Waals surface area contributed by atoms with Gasteiger partial charge in [-0.05, 0) is 36.8 Å². The molecule has 2 amide bonds. The van der Waals surface area contributed by atoms with Crippen LogP contribution in [-0.4, -0.2) is 62.8 Å². The molecule has 0 radical (unpaired) electrons. The van der Waals surface area contributed by atoms with Gasteiger partial charge in [-0.2, -0.15) is 0 Å². The Morgan fingerprint density at radius 2 is 1.69 bits per heavy atom. The summed E-state index contributed by atoms with van der Waals surface area (Å²) in [6, 6.07) is 13.4. The standard InChI is InChI=1S/C22H29N3O4/c1-4-29-19-8-6-5-7-18(19)23-22(26)25-13-11-24(12-14-25)16-17-9-10-20(27-2)21(15-17)28-3/h5-10,15H,4,11-14,16H2,1-3H3,(H,23,26). The second kappa shape index (κ2) is 10.0. The fraction of sp³-hybridized carbons (Fsp3) is 0.409. The molecule has 0 aliphatic carbocycles. The molecule has 0 saturated carbocycles. The highest BCUT2D eigenvalue weighted by Gasteiger charge is 2.22. The molecule has 0 unspecified atom stereocenters. The number of nitrogens with zero attached hydrogens (tertiary/aromatic N) is 2. The summed E-state index contributed by atoms with van der Waals surface area (Å²) in [6.45, 7) is 6.27. The first kappa shape index (κ1) is 20.8. The third kappa shape index (κ3) is 5.32. The number of hydrogen-bond donors (Lipinski definition) is 1. The molecule has 0 bridgehead atoms. The van der Waals surface area contributed by atoms with E-state index in [9.17, 15) is 4.79 Å². The minimum Gasteiger partial charge on any atom is -0.493 e. The summed E-state index contributed by atoms with van der Waals surface area (Å²) in [7, 11) is 3.28.